The van der Waals surface area contributed by atoms with E-state index in [1.807, 2.05) is 0 Å². The smallest absolute Gasteiger partial charge is 0.261 e. The van der Waals surface area contributed by atoms with E-state index in [2.05, 4.69) is 10.0 Å². The zero-order chi connectivity index (χ0) is 17.9. The van der Waals surface area contributed by atoms with Crippen LogP contribution < -0.4 is 10.0 Å². The van der Waals surface area contributed by atoms with Crippen molar-refractivity contribution in [3.05, 3.63) is 83.6 Å². The number of anilines is 3. The summed E-state index contributed by atoms with van der Waals surface area (Å²) >= 11 is 5.74. The molecule has 0 radical (unpaired) electrons. The maximum atomic E-state index is 13.2. The molecule has 0 aliphatic heterocycles. The highest BCUT2D eigenvalue weighted by Crippen LogP contribution is 2.24. The van der Waals surface area contributed by atoms with Crippen LogP contribution in [0.2, 0.25) is 5.02 Å². The minimum atomic E-state index is -3.62. The van der Waals surface area contributed by atoms with Gasteiger partial charge in [0.05, 0.1) is 9.92 Å². The van der Waals surface area contributed by atoms with Crippen LogP contribution in [0.4, 0.5) is 21.5 Å². The largest absolute Gasteiger partial charge is 0.355 e. The summed E-state index contributed by atoms with van der Waals surface area (Å²) in [6.45, 7) is 0. The molecule has 0 aliphatic rings. The highest BCUT2D eigenvalue weighted by atomic mass is 35.5. The zero-order valence-corrected chi connectivity index (χ0v) is 14.5. The molecule has 25 heavy (non-hydrogen) atoms. The Morgan fingerprint density at radius 3 is 2.04 bits per heavy atom. The van der Waals surface area contributed by atoms with E-state index >= 15 is 0 Å². The van der Waals surface area contributed by atoms with Gasteiger partial charge in [0.15, 0.2) is 0 Å². The van der Waals surface area contributed by atoms with Crippen molar-refractivity contribution < 1.29 is 12.8 Å². The van der Waals surface area contributed by atoms with E-state index in [9.17, 15) is 12.8 Å². The molecule has 0 bridgehead atoms. The van der Waals surface area contributed by atoms with Gasteiger partial charge in [0.25, 0.3) is 10.0 Å². The van der Waals surface area contributed by atoms with E-state index < -0.39 is 15.8 Å². The topological polar surface area (TPSA) is 58.2 Å². The molecule has 0 amide bonds. The number of hydrogen-bond donors (Lipinski definition) is 2. The lowest BCUT2D eigenvalue weighted by Crippen LogP contribution is -2.12. The fourth-order valence-corrected chi connectivity index (χ4v) is 3.44. The molecular formula is C18H14ClFN2O2S. The molecule has 128 valence electrons. The summed E-state index contributed by atoms with van der Waals surface area (Å²) in [4.78, 5) is 0.193. The number of sulfonamides is 1. The number of nitrogens with one attached hydrogen (secondary N) is 2. The fraction of sp³-hybridized carbons (Fsp3) is 0. The molecule has 0 aromatic heterocycles. The van der Waals surface area contributed by atoms with Crippen LogP contribution >= 0.6 is 11.6 Å². The molecule has 0 heterocycles. The Morgan fingerprint density at radius 1 is 0.800 bits per heavy atom. The highest BCUT2D eigenvalue weighted by molar-refractivity contribution is 7.92. The molecule has 2 N–H and O–H groups in total. The van der Waals surface area contributed by atoms with Gasteiger partial charge in [-0.1, -0.05) is 29.8 Å². The second-order valence-electron chi connectivity index (χ2n) is 5.25. The van der Waals surface area contributed by atoms with Gasteiger partial charge in [0, 0.05) is 17.1 Å². The maximum Gasteiger partial charge on any atom is 0.261 e. The fourth-order valence-electron chi connectivity index (χ4n) is 2.18. The number of hydrogen-bond acceptors (Lipinski definition) is 3. The van der Waals surface area contributed by atoms with Gasteiger partial charge in [0.1, 0.15) is 5.82 Å². The molecule has 0 spiro atoms. The molecule has 0 fully saturated rings. The van der Waals surface area contributed by atoms with E-state index in [1.165, 1.54) is 24.3 Å². The average molecular weight is 377 g/mol. The molecular weight excluding hydrogens is 363 g/mol. The lowest BCUT2D eigenvalue weighted by Gasteiger charge is -2.10. The molecule has 0 saturated heterocycles. The second-order valence-corrected chi connectivity index (χ2v) is 7.34. The van der Waals surface area contributed by atoms with Crippen LogP contribution in [0.3, 0.4) is 0 Å². The second kappa shape index (κ2) is 7.13. The first-order chi connectivity index (χ1) is 11.9. The third kappa shape index (κ3) is 4.29. The van der Waals surface area contributed by atoms with Gasteiger partial charge >= 0.3 is 0 Å². The van der Waals surface area contributed by atoms with E-state index in [1.54, 1.807) is 48.5 Å². The van der Waals surface area contributed by atoms with Crippen LogP contribution in [0, 0.1) is 5.82 Å². The normalized spacial score (nSPS) is 11.1. The van der Waals surface area contributed by atoms with Crippen LogP contribution in [0.25, 0.3) is 0 Å². The first-order valence-corrected chi connectivity index (χ1v) is 9.20. The summed E-state index contributed by atoms with van der Waals surface area (Å²) in [5, 5.41) is 3.09. The van der Waals surface area contributed by atoms with Gasteiger partial charge in [-0.3, -0.25) is 4.72 Å². The van der Waals surface area contributed by atoms with Crippen LogP contribution in [0.5, 0.6) is 0 Å². The molecule has 7 heteroatoms. The van der Waals surface area contributed by atoms with Crippen molar-refractivity contribution in [2.75, 3.05) is 10.0 Å². The Bertz CT molecular complexity index is 978. The van der Waals surface area contributed by atoms with Gasteiger partial charge in [-0.15, -0.1) is 0 Å². The minimum absolute atomic E-state index is 0.0252. The lowest BCUT2D eigenvalue weighted by molar-refractivity contribution is 0.601. The van der Waals surface area contributed by atoms with Crippen molar-refractivity contribution in [3.63, 3.8) is 0 Å². The van der Waals surface area contributed by atoms with Crippen LogP contribution in [-0.4, -0.2) is 8.42 Å². The molecule has 3 rings (SSSR count). The Balaban J connectivity index is 1.73. The minimum Gasteiger partial charge on any atom is -0.355 e. The van der Waals surface area contributed by atoms with Crippen LogP contribution in [0.15, 0.2) is 77.7 Å². The van der Waals surface area contributed by atoms with E-state index in [0.717, 1.165) is 0 Å². The zero-order valence-electron chi connectivity index (χ0n) is 12.9. The highest BCUT2D eigenvalue weighted by Gasteiger charge is 2.13. The van der Waals surface area contributed by atoms with Crippen LogP contribution in [-0.2, 0) is 10.0 Å². The van der Waals surface area contributed by atoms with Gasteiger partial charge in [-0.25, -0.2) is 12.8 Å². The summed E-state index contributed by atoms with van der Waals surface area (Å²) in [6.07, 6.45) is 0. The molecule has 3 aromatic carbocycles. The quantitative estimate of drug-likeness (QED) is 0.657. The Morgan fingerprint density at radius 2 is 1.40 bits per heavy atom. The predicted molar refractivity (Wildman–Crippen MR) is 98.4 cm³/mol. The Labute approximate surface area is 150 Å². The number of rotatable bonds is 5. The van der Waals surface area contributed by atoms with Gasteiger partial charge < -0.3 is 5.32 Å². The summed E-state index contributed by atoms with van der Waals surface area (Å²) < 4.78 is 40.2. The average Bonchev–Trinajstić information content (AvgIpc) is 2.60. The molecule has 4 nitrogen and oxygen atoms in total. The Hall–Kier alpha value is -2.57. The SMILES string of the molecule is O=S(=O)(Nc1ccc(Nc2ccc(F)c(Cl)c2)cc1)c1ccccc1. The van der Waals surface area contributed by atoms with E-state index in [-0.39, 0.29) is 9.92 Å². The first-order valence-electron chi connectivity index (χ1n) is 7.34. The van der Waals surface area contributed by atoms with Crippen molar-refractivity contribution in [1.82, 2.24) is 0 Å². The van der Waals surface area contributed by atoms with Crippen molar-refractivity contribution in [1.29, 1.82) is 0 Å². The lowest BCUT2D eigenvalue weighted by atomic mass is 10.2. The maximum absolute atomic E-state index is 13.2. The van der Waals surface area contributed by atoms with E-state index in [0.29, 0.717) is 17.1 Å². The number of benzene rings is 3. The Kier molecular flexibility index (Phi) is 4.92. The van der Waals surface area contributed by atoms with Crippen molar-refractivity contribution in [2.24, 2.45) is 0 Å². The van der Waals surface area contributed by atoms with Crippen molar-refractivity contribution in [2.45, 2.75) is 4.90 Å². The van der Waals surface area contributed by atoms with Crippen LogP contribution in [0.1, 0.15) is 0 Å². The van der Waals surface area contributed by atoms with Crippen molar-refractivity contribution in [3.8, 4) is 0 Å². The molecule has 0 saturated carbocycles. The van der Waals surface area contributed by atoms with E-state index in [4.69, 9.17) is 11.6 Å². The first kappa shape index (κ1) is 17.3. The van der Waals surface area contributed by atoms with Gasteiger partial charge in [-0.05, 0) is 54.6 Å². The third-order valence-electron chi connectivity index (χ3n) is 3.40. The molecule has 0 unspecified atom stereocenters. The van der Waals surface area contributed by atoms with Gasteiger partial charge in [0.2, 0.25) is 0 Å². The summed E-state index contributed by atoms with van der Waals surface area (Å²) in [5.41, 5.74) is 1.78. The summed E-state index contributed by atoms with van der Waals surface area (Å²) in [5.74, 6) is -0.488. The number of halogens is 2. The van der Waals surface area contributed by atoms with Gasteiger partial charge in [-0.2, -0.15) is 0 Å². The standard InChI is InChI=1S/C18H14ClFN2O2S/c19-17-12-15(10-11-18(17)20)21-13-6-8-14(9-7-13)22-25(23,24)16-4-2-1-3-5-16/h1-12,21-22H. The molecule has 0 atom stereocenters. The summed E-state index contributed by atoms with van der Waals surface area (Å²) in [7, 11) is -3.62. The predicted octanol–water partition coefficient (Wildman–Crippen LogP) is 5.02. The third-order valence-corrected chi connectivity index (χ3v) is 5.09. The molecule has 3 aromatic rings. The van der Waals surface area contributed by atoms with Crippen molar-refractivity contribution >= 4 is 38.7 Å². The molecule has 0 aliphatic carbocycles. The monoisotopic (exact) mass is 376 g/mol. The summed E-state index contributed by atoms with van der Waals surface area (Å²) in [6, 6.07) is 19.1.